The van der Waals surface area contributed by atoms with E-state index in [1.165, 1.54) is 6.92 Å². The van der Waals surface area contributed by atoms with Gasteiger partial charge in [0.05, 0.1) is 18.6 Å². The summed E-state index contributed by atoms with van der Waals surface area (Å²) < 4.78 is 0. The molecule has 0 radical (unpaired) electrons. The highest BCUT2D eigenvalue weighted by Crippen LogP contribution is 2.15. The predicted octanol–water partition coefficient (Wildman–Crippen LogP) is -0.730. The lowest BCUT2D eigenvalue weighted by molar-refractivity contribution is -0.131. The summed E-state index contributed by atoms with van der Waals surface area (Å²) in [6.45, 7) is 0.110. The SMILES string of the molecule is CC(CO)(CO)C(=O)N=O. The topological polar surface area (TPSA) is 87.0 Å². The van der Waals surface area contributed by atoms with Crippen molar-refractivity contribution < 1.29 is 15.0 Å². The molecule has 0 aliphatic rings. The largest absolute Gasteiger partial charge is 0.395 e. The van der Waals surface area contributed by atoms with Gasteiger partial charge in [-0.3, -0.25) is 4.79 Å². The summed E-state index contributed by atoms with van der Waals surface area (Å²) in [5, 5.41) is 19.1. The summed E-state index contributed by atoms with van der Waals surface area (Å²) in [7, 11) is 0. The first-order valence-electron chi connectivity index (χ1n) is 2.70. The molecule has 0 aromatic heterocycles. The first kappa shape index (κ1) is 9.19. The standard InChI is InChI=1S/C5H9NO4/c1-5(2-7,3-8)4(9)6-10/h7-8H,2-3H2,1H3. The van der Waals surface area contributed by atoms with Gasteiger partial charge in [-0.1, -0.05) is 0 Å². The van der Waals surface area contributed by atoms with E-state index in [0.29, 0.717) is 0 Å². The van der Waals surface area contributed by atoms with E-state index in [1.807, 2.05) is 0 Å². The fourth-order valence-corrected chi connectivity index (χ4v) is 0.295. The molecule has 0 bridgehead atoms. The molecule has 5 heteroatoms. The molecule has 5 nitrogen and oxygen atoms in total. The van der Waals surface area contributed by atoms with Crippen LogP contribution in [-0.4, -0.2) is 29.3 Å². The average molecular weight is 147 g/mol. The van der Waals surface area contributed by atoms with Crippen LogP contribution in [0.25, 0.3) is 0 Å². The monoisotopic (exact) mass is 147 g/mol. The molecule has 0 fully saturated rings. The minimum atomic E-state index is -1.41. The van der Waals surface area contributed by atoms with E-state index in [2.05, 4.69) is 5.18 Å². The highest BCUT2D eigenvalue weighted by Gasteiger charge is 2.32. The van der Waals surface area contributed by atoms with Crippen molar-refractivity contribution in [3.8, 4) is 0 Å². The van der Waals surface area contributed by atoms with E-state index in [1.54, 1.807) is 0 Å². The fraction of sp³-hybridized carbons (Fsp3) is 0.800. The van der Waals surface area contributed by atoms with Gasteiger partial charge < -0.3 is 10.2 Å². The van der Waals surface area contributed by atoms with Gasteiger partial charge in [0.2, 0.25) is 0 Å². The lowest BCUT2D eigenvalue weighted by Crippen LogP contribution is -2.33. The molecule has 0 heterocycles. The summed E-state index contributed by atoms with van der Waals surface area (Å²) in [5.74, 6) is -1.03. The second-order valence-electron chi connectivity index (χ2n) is 2.27. The number of carbonyl (C=O) groups excluding carboxylic acids is 1. The van der Waals surface area contributed by atoms with E-state index >= 15 is 0 Å². The molecule has 10 heavy (non-hydrogen) atoms. The molecular formula is C5H9NO4. The molecule has 0 rings (SSSR count). The Morgan fingerprint density at radius 3 is 2.00 bits per heavy atom. The molecule has 58 valence electrons. The van der Waals surface area contributed by atoms with Gasteiger partial charge in [0, 0.05) is 5.18 Å². The molecular weight excluding hydrogens is 138 g/mol. The third kappa shape index (κ3) is 1.58. The van der Waals surface area contributed by atoms with Crippen molar-refractivity contribution >= 4 is 5.91 Å². The van der Waals surface area contributed by atoms with Crippen molar-refractivity contribution in [1.29, 1.82) is 0 Å². The minimum absolute atomic E-state index is 0.575. The van der Waals surface area contributed by atoms with Gasteiger partial charge in [-0.2, -0.15) is 0 Å². The summed E-state index contributed by atoms with van der Waals surface area (Å²) >= 11 is 0. The number of carbonyl (C=O) groups is 1. The number of rotatable bonds is 3. The number of hydrogen-bond acceptors (Lipinski definition) is 4. The zero-order valence-electron chi connectivity index (χ0n) is 5.57. The van der Waals surface area contributed by atoms with Crippen molar-refractivity contribution in [3.63, 3.8) is 0 Å². The lowest BCUT2D eigenvalue weighted by Gasteiger charge is -2.17. The Morgan fingerprint density at radius 2 is 1.90 bits per heavy atom. The van der Waals surface area contributed by atoms with Crippen LogP contribution in [-0.2, 0) is 4.79 Å². The maximum atomic E-state index is 10.5. The zero-order chi connectivity index (χ0) is 8.20. The number of aliphatic hydroxyl groups is 2. The van der Waals surface area contributed by atoms with Gasteiger partial charge in [-0.15, -0.1) is 4.91 Å². The van der Waals surface area contributed by atoms with Crippen LogP contribution < -0.4 is 0 Å². The molecule has 0 aromatic rings. The highest BCUT2D eigenvalue weighted by atomic mass is 16.3. The average Bonchev–Trinajstić information content (AvgIpc) is 2.01. The van der Waals surface area contributed by atoms with Crippen LogP contribution in [0.15, 0.2) is 5.18 Å². The molecule has 0 saturated heterocycles. The van der Waals surface area contributed by atoms with Crippen LogP contribution in [0.1, 0.15) is 6.92 Å². The van der Waals surface area contributed by atoms with E-state index < -0.39 is 24.5 Å². The Hall–Kier alpha value is -0.810. The Balaban J connectivity index is 4.31. The number of amides is 1. The quantitative estimate of drug-likeness (QED) is 0.515. The van der Waals surface area contributed by atoms with Gasteiger partial charge in [-0.05, 0) is 6.92 Å². The first-order chi connectivity index (χ1) is 4.60. The van der Waals surface area contributed by atoms with Crippen LogP contribution in [0, 0.1) is 10.3 Å². The van der Waals surface area contributed by atoms with Crippen LogP contribution in [0.5, 0.6) is 0 Å². The summed E-state index contributed by atoms with van der Waals surface area (Å²) in [6.07, 6.45) is 0. The molecule has 0 aliphatic heterocycles. The van der Waals surface area contributed by atoms with Crippen molar-refractivity contribution in [2.24, 2.45) is 10.6 Å². The Kier molecular flexibility index (Phi) is 3.11. The van der Waals surface area contributed by atoms with Gasteiger partial charge >= 0.3 is 0 Å². The number of hydrogen-bond donors (Lipinski definition) is 2. The summed E-state index contributed by atoms with van der Waals surface area (Å²) in [5.41, 5.74) is -1.41. The molecule has 0 atom stereocenters. The molecule has 1 amide bonds. The summed E-state index contributed by atoms with van der Waals surface area (Å²) in [4.78, 5) is 20.1. The molecule has 2 N–H and O–H groups in total. The second kappa shape index (κ2) is 3.38. The third-order valence-electron chi connectivity index (χ3n) is 1.30. The number of nitrogens with zero attached hydrogens (tertiary/aromatic N) is 1. The van der Waals surface area contributed by atoms with E-state index in [0.717, 1.165) is 0 Å². The number of aliphatic hydroxyl groups excluding tert-OH is 2. The van der Waals surface area contributed by atoms with E-state index in [-0.39, 0.29) is 0 Å². The lowest BCUT2D eigenvalue weighted by atomic mass is 9.92. The van der Waals surface area contributed by atoms with Crippen molar-refractivity contribution in [2.45, 2.75) is 6.92 Å². The second-order valence-corrected chi connectivity index (χ2v) is 2.27. The minimum Gasteiger partial charge on any atom is -0.395 e. The van der Waals surface area contributed by atoms with Gasteiger partial charge in [0.15, 0.2) is 0 Å². The predicted molar refractivity (Wildman–Crippen MR) is 33.1 cm³/mol. The number of nitroso groups, excluding NO2 is 1. The van der Waals surface area contributed by atoms with Crippen molar-refractivity contribution in [3.05, 3.63) is 4.91 Å². The van der Waals surface area contributed by atoms with Gasteiger partial charge in [0.1, 0.15) is 0 Å². The normalized spacial score (nSPS) is 11.1. The van der Waals surface area contributed by atoms with Crippen LogP contribution >= 0.6 is 0 Å². The first-order valence-corrected chi connectivity index (χ1v) is 2.70. The van der Waals surface area contributed by atoms with Gasteiger partial charge in [-0.25, -0.2) is 0 Å². The third-order valence-corrected chi connectivity index (χ3v) is 1.30. The van der Waals surface area contributed by atoms with Crippen LogP contribution in [0.2, 0.25) is 0 Å². The van der Waals surface area contributed by atoms with Crippen molar-refractivity contribution in [1.82, 2.24) is 0 Å². The Bertz CT molecular complexity index is 141. The Labute approximate surface area is 57.6 Å². The zero-order valence-corrected chi connectivity index (χ0v) is 5.57. The van der Waals surface area contributed by atoms with Crippen molar-refractivity contribution in [2.75, 3.05) is 13.2 Å². The highest BCUT2D eigenvalue weighted by molar-refractivity contribution is 5.83. The molecule has 0 aromatic carbocycles. The van der Waals surface area contributed by atoms with E-state index in [9.17, 15) is 9.70 Å². The summed E-state index contributed by atoms with van der Waals surface area (Å²) in [6, 6.07) is 0. The molecule has 0 aliphatic carbocycles. The maximum Gasteiger partial charge on any atom is 0.296 e. The fourth-order valence-electron chi connectivity index (χ4n) is 0.295. The van der Waals surface area contributed by atoms with Crippen LogP contribution in [0.4, 0.5) is 0 Å². The van der Waals surface area contributed by atoms with E-state index in [4.69, 9.17) is 10.2 Å². The van der Waals surface area contributed by atoms with Gasteiger partial charge in [0.25, 0.3) is 5.91 Å². The smallest absolute Gasteiger partial charge is 0.296 e. The van der Waals surface area contributed by atoms with Crippen LogP contribution in [0.3, 0.4) is 0 Å². The molecule has 0 saturated carbocycles. The molecule has 0 spiro atoms. The molecule has 0 unspecified atom stereocenters. The maximum absolute atomic E-state index is 10.5. The Morgan fingerprint density at radius 1 is 1.50 bits per heavy atom.